The molecule has 3 nitrogen and oxygen atoms in total. The van der Waals surface area contributed by atoms with Crippen LogP contribution in [0.1, 0.15) is 93.0 Å². The van der Waals surface area contributed by atoms with Crippen LogP contribution in [-0.2, 0) is 5.41 Å². The Hall–Kier alpha value is -2.28. The molecule has 2 aromatic carbocycles. The van der Waals surface area contributed by atoms with Crippen molar-refractivity contribution >= 4 is 0 Å². The smallest absolute Gasteiger partial charge is 0.125 e. The van der Waals surface area contributed by atoms with Gasteiger partial charge in [-0.1, -0.05) is 50.0 Å². The summed E-state index contributed by atoms with van der Waals surface area (Å²) < 4.78 is 6.05. The van der Waals surface area contributed by atoms with E-state index in [1.807, 2.05) is 0 Å². The van der Waals surface area contributed by atoms with Gasteiger partial charge in [-0.15, -0.1) is 0 Å². The van der Waals surface area contributed by atoms with Gasteiger partial charge in [0.1, 0.15) is 11.4 Å². The van der Waals surface area contributed by atoms with Crippen LogP contribution in [0.5, 0.6) is 5.75 Å². The van der Waals surface area contributed by atoms with E-state index >= 15 is 0 Å². The molecule has 0 bridgehead atoms. The van der Waals surface area contributed by atoms with Crippen molar-refractivity contribution in [2.24, 2.45) is 5.73 Å². The molecule has 1 fully saturated rings. The number of unbranched alkanes of at least 4 members (excludes halogenated alkanes) is 2. The second-order valence-electron chi connectivity index (χ2n) is 9.63. The number of nitrogens with two attached hydrogens (primary N) is 1. The molecule has 0 unspecified atom stereocenters. The molecule has 0 atom stereocenters. The Labute approximate surface area is 200 Å². The van der Waals surface area contributed by atoms with E-state index in [0.29, 0.717) is 0 Å². The van der Waals surface area contributed by atoms with Crippen LogP contribution in [0, 0.1) is 25.7 Å². The highest BCUT2D eigenvalue weighted by atomic mass is 16.5. The molecule has 0 amide bonds. The molecule has 0 saturated heterocycles. The molecule has 0 radical (unpaired) electrons. The maximum absolute atomic E-state index is 10.3. The summed E-state index contributed by atoms with van der Waals surface area (Å²) in [5, 5.41) is 10.3. The van der Waals surface area contributed by atoms with E-state index in [9.17, 15) is 5.11 Å². The SMILES string of the molecule is CCC(CC)(c1ccc(C#CC2(O)CCC2)c(C)c1)c1ccc(OCCCCCN)c(C)c1. The van der Waals surface area contributed by atoms with Gasteiger partial charge in [0.05, 0.1) is 6.61 Å². The molecular weight excluding hydrogens is 406 g/mol. The standard InChI is InChI=1S/C30H41NO2/c1-5-30(6-2,27-13-14-28(24(4)22-27)33-20-9-7-8-19-31)26-12-11-25(23(3)21-26)15-18-29(32)16-10-17-29/h11-14,21-22,32H,5-10,16-17,19-20,31H2,1-4H3. The number of rotatable bonds is 10. The van der Waals surface area contributed by atoms with Gasteiger partial charge in [-0.2, -0.15) is 0 Å². The predicted octanol–water partition coefficient (Wildman–Crippen LogP) is 6.18. The fraction of sp³-hybridized carbons (Fsp3) is 0.533. The Kier molecular flexibility index (Phi) is 8.63. The van der Waals surface area contributed by atoms with Crippen molar-refractivity contribution in [2.45, 2.75) is 90.1 Å². The van der Waals surface area contributed by atoms with Crippen molar-refractivity contribution in [1.82, 2.24) is 0 Å². The summed E-state index contributed by atoms with van der Waals surface area (Å²) in [6, 6.07) is 13.3. The molecule has 0 heterocycles. The third-order valence-electron chi connectivity index (χ3n) is 7.43. The monoisotopic (exact) mass is 447 g/mol. The van der Waals surface area contributed by atoms with Gasteiger partial charge in [-0.25, -0.2) is 0 Å². The first-order chi connectivity index (χ1) is 15.9. The lowest BCUT2D eigenvalue weighted by Crippen LogP contribution is -2.34. The van der Waals surface area contributed by atoms with Crippen LogP contribution in [0.4, 0.5) is 0 Å². The first-order valence-electron chi connectivity index (χ1n) is 12.7. The quantitative estimate of drug-likeness (QED) is 0.337. The van der Waals surface area contributed by atoms with E-state index in [4.69, 9.17) is 10.5 Å². The Morgan fingerprint density at radius 3 is 2.18 bits per heavy atom. The summed E-state index contributed by atoms with van der Waals surface area (Å²) >= 11 is 0. The molecule has 3 heteroatoms. The molecule has 1 saturated carbocycles. The highest BCUT2D eigenvalue weighted by Gasteiger charge is 2.33. The van der Waals surface area contributed by atoms with Crippen LogP contribution >= 0.6 is 0 Å². The highest BCUT2D eigenvalue weighted by molar-refractivity contribution is 5.50. The van der Waals surface area contributed by atoms with Crippen LogP contribution in [0.15, 0.2) is 36.4 Å². The van der Waals surface area contributed by atoms with Crippen molar-refractivity contribution in [3.8, 4) is 17.6 Å². The number of hydrogen-bond donors (Lipinski definition) is 2. The molecular formula is C30H41NO2. The third kappa shape index (κ3) is 5.81. The van der Waals surface area contributed by atoms with E-state index < -0.39 is 5.60 Å². The van der Waals surface area contributed by atoms with E-state index in [1.54, 1.807) is 0 Å². The minimum atomic E-state index is -0.770. The van der Waals surface area contributed by atoms with Gasteiger partial charge in [0.25, 0.3) is 0 Å². The number of aryl methyl sites for hydroxylation is 2. The highest BCUT2D eigenvalue weighted by Crippen LogP contribution is 2.41. The second-order valence-corrected chi connectivity index (χ2v) is 9.63. The number of benzene rings is 2. The predicted molar refractivity (Wildman–Crippen MR) is 138 cm³/mol. The average molecular weight is 448 g/mol. The van der Waals surface area contributed by atoms with Gasteiger partial charge in [0.2, 0.25) is 0 Å². The molecule has 0 spiro atoms. The van der Waals surface area contributed by atoms with Gasteiger partial charge in [-0.3, -0.25) is 0 Å². The van der Waals surface area contributed by atoms with Crippen molar-refractivity contribution in [3.05, 3.63) is 64.2 Å². The van der Waals surface area contributed by atoms with E-state index in [2.05, 4.69) is 75.9 Å². The first-order valence-corrected chi connectivity index (χ1v) is 12.7. The molecule has 33 heavy (non-hydrogen) atoms. The van der Waals surface area contributed by atoms with Gasteiger partial charge in [-0.05, 0) is 106 Å². The maximum Gasteiger partial charge on any atom is 0.125 e. The second kappa shape index (κ2) is 11.2. The molecule has 2 aromatic rings. The minimum Gasteiger partial charge on any atom is -0.493 e. The van der Waals surface area contributed by atoms with Crippen LogP contribution in [0.2, 0.25) is 0 Å². The summed E-state index contributed by atoms with van der Waals surface area (Å²) in [5.41, 5.74) is 10.8. The van der Waals surface area contributed by atoms with Crippen molar-refractivity contribution < 1.29 is 9.84 Å². The topological polar surface area (TPSA) is 55.5 Å². The van der Waals surface area contributed by atoms with E-state index in [-0.39, 0.29) is 5.41 Å². The molecule has 3 rings (SSSR count). The molecule has 0 aromatic heterocycles. The fourth-order valence-electron chi connectivity index (χ4n) is 4.87. The normalized spacial score (nSPS) is 14.8. The van der Waals surface area contributed by atoms with Crippen LogP contribution in [0.3, 0.4) is 0 Å². The fourth-order valence-corrected chi connectivity index (χ4v) is 4.87. The zero-order valence-corrected chi connectivity index (χ0v) is 21.0. The maximum atomic E-state index is 10.3. The number of aliphatic hydroxyl groups is 1. The Morgan fingerprint density at radius 2 is 1.64 bits per heavy atom. The molecule has 1 aliphatic carbocycles. The van der Waals surface area contributed by atoms with E-state index in [0.717, 1.165) is 75.8 Å². The van der Waals surface area contributed by atoms with Gasteiger partial charge >= 0.3 is 0 Å². The van der Waals surface area contributed by atoms with E-state index in [1.165, 1.54) is 22.3 Å². The summed E-state index contributed by atoms with van der Waals surface area (Å²) in [5.74, 6) is 7.31. The lowest BCUT2D eigenvalue weighted by atomic mass is 9.70. The zero-order chi connectivity index (χ0) is 23.9. The van der Waals surface area contributed by atoms with Gasteiger partial charge in [0.15, 0.2) is 0 Å². The minimum absolute atomic E-state index is 0.0483. The summed E-state index contributed by atoms with van der Waals surface area (Å²) in [6.07, 6.45) is 7.90. The van der Waals surface area contributed by atoms with Gasteiger partial charge < -0.3 is 15.6 Å². The zero-order valence-electron chi connectivity index (χ0n) is 21.0. The average Bonchev–Trinajstić information content (AvgIpc) is 2.79. The van der Waals surface area contributed by atoms with Crippen LogP contribution < -0.4 is 10.5 Å². The molecule has 178 valence electrons. The summed E-state index contributed by atoms with van der Waals surface area (Å²) in [7, 11) is 0. The Balaban J connectivity index is 1.83. The number of hydrogen-bond acceptors (Lipinski definition) is 3. The largest absolute Gasteiger partial charge is 0.493 e. The van der Waals surface area contributed by atoms with Crippen LogP contribution in [0.25, 0.3) is 0 Å². The Bertz CT molecular complexity index is 990. The van der Waals surface area contributed by atoms with Crippen molar-refractivity contribution in [3.63, 3.8) is 0 Å². The first kappa shape index (κ1) is 25.3. The van der Waals surface area contributed by atoms with Crippen molar-refractivity contribution in [1.29, 1.82) is 0 Å². The molecule has 1 aliphatic rings. The van der Waals surface area contributed by atoms with Crippen molar-refractivity contribution in [2.75, 3.05) is 13.2 Å². The van der Waals surface area contributed by atoms with Gasteiger partial charge in [0, 0.05) is 11.0 Å². The summed E-state index contributed by atoms with van der Waals surface area (Å²) in [4.78, 5) is 0. The lowest BCUT2D eigenvalue weighted by molar-refractivity contribution is 0.0240. The molecule has 0 aliphatic heterocycles. The summed E-state index contributed by atoms with van der Waals surface area (Å²) in [6.45, 7) is 10.3. The number of ether oxygens (including phenoxy) is 1. The third-order valence-corrected chi connectivity index (χ3v) is 7.43. The van der Waals surface area contributed by atoms with Crippen LogP contribution in [-0.4, -0.2) is 23.9 Å². The lowest BCUT2D eigenvalue weighted by Gasteiger charge is -2.34. The Morgan fingerprint density at radius 1 is 0.970 bits per heavy atom. The molecule has 3 N–H and O–H groups in total.